The van der Waals surface area contributed by atoms with Crippen molar-refractivity contribution in [1.29, 1.82) is 0 Å². The van der Waals surface area contributed by atoms with Crippen molar-refractivity contribution in [2.75, 3.05) is 12.8 Å². The van der Waals surface area contributed by atoms with Crippen LogP contribution in [0.3, 0.4) is 0 Å². The largest absolute Gasteiger partial charge is 0.497 e. The number of fused-ring (bicyclic) bond motifs is 1. The van der Waals surface area contributed by atoms with Crippen molar-refractivity contribution in [2.24, 2.45) is 0 Å². The molecule has 3 aromatic rings. The molecule has 0 aliphatic carbocycles. The molecule has 21 heavy (non-hydrogen) atoms. The fraction of sp³-hybridized carbons (Fsp3) is 0.0667. The van der Waals surface area contributed by atoms with Gasteiger partial charge >= 0.3 is 0 Å². The van der Waals surface area contributed by atoms with Crippen LogP contribution in [-0.4, -0.2) is 21.7 Å². The number of pyridine rings is 1. The summed E-state index contributed by atoms with van der Waals surface area (Å²) in [7, 11) is 1.64. The molecule has 106 valence electrons. The molecule has 0 spiro atoms. The molecule has 0 amide bonds. The zero-order valence-corrected chi connectivity index (χ0v) is 12.1. The fourth-order valence-electron chi connectivity index (χ4n) is 2.03. The van der Waals surface area contributed by atoms with Crippen LogP contribution in [0.1, 0.15) is 11.4 Å². The molecule has 2 aromatic heterocycles. The molecule has 0 atom stereocenters. The minimum atomic E-state index is 0.496. The third-order valence-electron chi connectivity index (χ3n) is 3.04. The van der Waals surface area contributed by atoms with Crippen LogP contribution in [-0.2, 0) is 0 Å². The number of hydrogen-bond donors (Lipinski definition) is 1. The van der Waals surface area contributed by atoms with Crippen LogP contribution < -0.4 is 10.5 Å². The number of benzene rings is 1. The summed E-state index contributed by atoms with van der Waals surface area (Å²) in [5.41, 5.74) is 7.95. The molecule has 0 saturated carbocycles. The van der Waals surface area contributed by atoms with Gasteiger partial charge in [-0.3, -0.25) is 4.40 Å². The number of halogens is 1. The number of rotatable bonds is 3. The summed E-state index contributed by atoms with van der Waals surface area (Å²) in [4.78, 5) is 0. The average Bonchev–Trinajstić information content (AvgIpc) is 2.88. The number of methoxy groups -OCH3 is 1. The molecule has 6 heteroatoms. The Morgan fingerprint density at radius 2 is 2.10 bits per heavy atom. The van der Waals surface area contributed by atoms with E-state index in [0.717, 1.165) is 11.3 Å². The normalized spacial score (nSPS) is 11.3. The fourth-order valence-corrected chi connectivity index (χ4v) is 2.25. The minimum Gasteiger partial charge on any atom is -0.497 e. The summed E-state index contributed by atoms with van der Waals surface area (Å²) in [6.45, 7) is 0. The van der Waals surface area contributed by atoms with Gasteiger partial charge in [-0.15, -0.1) is 10.2 Å². The van der Waals surface area contributed by atoms with Gasteiger partial charge in [0.2, 0.25) is 0 Å². The van der Waals surface area contributed by atoms with Gasteiger partial charge < -0.3 is 10.5 Å². The maximum absolute atomic E-state index is 6.01. The van der Waals surface area contributed by atoms with Crippen molar-refractivity contribution in [3.63, 3.8) is 0 Å². The van der Waals surface area contributed by atoms with Gasteiger partial charge in [-0.1, -0.05) is 29.8 Å². The number of aromatic nitrogens is 3. The van der Waals surface area contributed by atoms with Crippen LogP contribution in [0.2, 0.25) is 5.02 Å². The van der Waals surface area contributed by atoms with Crippen molar-refractivity contribution in [2.45, 2.75) is 0 Å². The van der Waals surface area contributed by atoms with Crippen molar-refractivity contribution in [1.82, 2.24) is 14.6 Å². The number of ether oxygens (including phenoxy) is 1. The molecule has 3 rings (SSSR count). The quantitative estimate of drug-likeness (QED) is 0.807. The Labute approximate surface area is 126 Å². The topological polar surface area (TPSA) is 65.4 Å². The van der Waals surface area contributed by atoms with Gasteiger partial charge in [-0.2, -0.15) is 0 Å². The molecule has 0 bridgehead atoms. The predicted molar refractivity (Wildman–Crippen MR) is 84.3 cm³/mol. The molecule has 0 aliphatic rings. The molecule has 1 aromatic carbocycles. The Morgan fingerprint density at radius 1 is 1.24 bits per heavy atom. The molecule has 0 unspecified atom stereocenters. The lowest BCUT2D eigenvalue weighted by atomic mass is 10.2. The lowest BCUT2D eigenvalue weighted by Crippen LogP contribution is -1.94. The molecule has 0 fully saturated rings. The Morgan fingerprint density at radius 3 is 2.90 bits per heavy atom. The third kappa shape index (κ3) is 2.68. The second-order valence-electron chi connectivity index (χ2n) is 4.48. The molecular weight excluding hydrogens is 288 g/mol. The zero-order chi connectivity index (χ0) is 14.8. The standard InChI is InChI=1S/C15H13ClN4O/c1-21-12-4-2-3-10(7-12)5-6-14-18-19-15-13(17)8-11(16)9-20(14)15/h2-9H,17H2,1H3/b6-5-. The molecule has 0 radical (unpaired) electrons. The highest BCUT2D eigenvalue weighted by molar-refractivity contribution is 6.30. The lowest BCUT2D eigenvalue weighted by molar-refractivity contribution is 0.414. The maximum Gasteiger partial charge on any atom is 0.184 e. The van der Waals surface area contributed by atoms with Gasteiger partial charge in [0.15, 0.2) is 11.5 Å². The molecule has 2 heterocycles. The Balaban J connectivity index is 1.99. The van der Waals surface area contributed by atoms with Crippen LogP contribution >= 0.6 is 11.6 Å². The van der Waals surface area contributed by atoms with E-state index in [2.05, 4.69) is 10.2 Å². The first-order valence-corrected chi connectivity index (χ1v) is 6.67. The van der Waals surface area contributed by atoms with Crippen molar-refractivity contribution in [3.05, 3.63) is 52.9 Å². The van der Waals surface area contributed by atoms with E-state index in [-0.39, 0.29) is 0 Å². The number of nitrogens with zero attached hydrogens (tertiary/aromatic N) is 3. The van der Waals surface area contributed by atoms with Crippen LogP contribution in [0, 0.1) is 0 Å². The van der Waals surface area contributed by atoms with Gasteiger partial charge in [0, 0.05) is 6.20 Å². The number of nitrogens with two attached hydrogens (primary N) is 1. The summed E-state index contributed by atoms with van der Waals surface area (Å²) >= 11 is 6.01. The van der Waals surface area contributed by atoms with E-state index in [1.807, 2.05) is 36.4 Å². The summed E-state index contributed by atoms with van der Waals surface area (Å²) in [6, 6.07) is 9.38. The zero-order valence-electron chi connectivity index (χ0n) is 11.3. The second-order valence-corrected chi connectivity index (χ2v) is 4.91. The molecular formula is C15H13ClN4O. The number of hydrogen-bond acceptors (Lipinski definition) is 4. The van der Waals surface area contributed by atoms with Crippen molar-refractivity contribution >= 4 is 35.1 Å². The average molecular weight is 301 g/mol. The summed E-state index contributed by atoms with van der Waals surface area (Å²) in [6.07, 6.45) is 5.51. The van der Waals surface area contributed by atoms with E-state index in [1.54, 1.807) is 23.8 Å². The summed E-state index contributed by atoms with van der Waals surface area (Å²) in [5, 5.41) is 8.71. The second kappa shape index (κ2) is 5.46. The first kappa shape index (κ1) is 13.5. The van der Waals surface area contributed by atoms with Crippen LogP contribution in [0.25, 0.3) is 17.8 Å². The molecule has 2 N–H and O–H groups in total. The number of nitrogen functional groups attached to an aromatic ring is 1. The minimum absolute atomic E-state index is 0.496. The summed E-state index contributed by atoms with van der Waals surface area (Å²) in [5.74, 6) is 1.46. The van der Waals surface area contributed by atoms with Gasteiger partial charge in [-0.25, -0.2) is 0 Å². The van der Waals surface area contributed by atoms with E-state index < -0.39 is 0 Å². The van der Waals surface area contributed by atoms with E-state index in [1.165, 1.54) is 0 Å². The van der Waals surface area contributed by atoms with Gasteiger partial charge in [0.25, 0.3) is 0 Å². The van der Waals surface area contributed by atoms with E-state index >= 15 is 0 Å². The predicted octanol–water partition coefficient (Wildman–Crippen LogP) is 3.14. The molecule has 0 saturated heterocycles. The highest BCUT2D eigenvalue weighted by atomic mass is 35.5. The van der Waals surface area contributed by atoms with E-state index in [4.69, 9.17) is 22.1 Å². The first-order valence-electron chi connectivity index (χ1n) is 6.29. The molecule has 0 aliphatic heterocycles. The highest BCUT2D eigenvalue weighted by Crippen LogP contribution is 2.20. The first-order chi connectivity index (χ1) is 10.2. The molecule has 5 nitrogen and oxygen atoms in total. The monoisotopic (exact) mass is 300 g/mol. The van der Waals surface area contributed by atoms with E-state index in [9.17, 15) is 0 Å². The van der Waals surface area contributed by atoms with E-state index in [0.29, 0.717) is 22.2 Å². The van der Waals surface area contributed by atoms with Gasteiger partial charge in [0.1, 0.15) is 5.75 Å². The van der Waals surface area contributed by atoms with Gasteiger partial charge in [0.05, 0.1) is 17.8 Å². The Kier molecular flexibility index (Phi) is 3.50. The van der Waals surface area contributed by atoms with Crippen LogP contribution in [0.15, 0.2) is 36.5 Å². The highest BCUT2D eigenvalue weighted by Gasteiger charge is 2.06. The summed E-state index contributed by atoms with van der Waals surface area (Å²) < 4.78 is 6.95. The Hall–Kier alpha value is -2.53. The maximum atomic E-state index is 6.01. The van der Waals surface area contributed by atoms with Crippen molar-refractivity contribution < 1.29 is 4.74 Å². The number of anilines is 1. The SMILES string of the molecule is COc1cccc(/C=C\c2nnc3c(N)cc(Cl)cn23)c1. The van der Waals surface area contributed by atoms with Crippen LogP contribution in [0.4, 0.5) is 5.69 Å². The van der Waals surface area contributed by atoms with Crippen LogP contribution in [0.5, 0.6) is 5.75 Å². The van der Waals surface area contributed by atoms with Crippen molar-refractivity contribution in [3.8, 4) is 5.75 Å². The smallest absolute Gasteiger partial charge is 0.184 e. The Bertz CT molecular complexity index is 826. The lowest BCUT2D eigenvalue weighted by Gasteiger charge is -2.01. The third-order valence-corrected chi connectivity index (χ3v) is 3.25. The van der Waals surface area contributed by atoms with Gasteiger partial charge in [-0.05, 0) is 29.8 Å².